The number of carbonyl (C=O) groups excluding carboxylic acids is 1. The molecule has 0 N–H and O–H groups in total. The predicted octanol–water partition coefficient (Wildman–Crippen LogP) is 2.58. The van der Waals surface area contributed by atoms with Gasteiger partial charge in [0.15, 0.2) is 0 Å². The van der Waals surface area contributed by atoms with Crippen LogP contribution in [0.4, 0.5) is 8.78 Å². The third-order valence-corrected chi connectivity index (χ3v) is 1.19. The number of rotatable bonds is 3. The number of hydrogen-bond donors (Lipinski definition) is 0. The minimum absolute atomic E-state index is 0.00619. The summed E-state index contributed by atoms with van der Waals surface area (Å²) >= 11 is 0. The molecule has 1 radical (unpaired) electrons. The monoisotopic (exact) mass is 193 g/mol. The third-order valence-electron chi connectivity index (χ3n) is 1.19. The van der Waals surface area contributed by atoms with E-state index >= 15 is 0 Å². The molecule has 0 unspecified atom stereocenters. The zero-order chi connectivity index (χ0) is 10.7. The van der Waals surface area contributed by atoms with Gasteiger partial charge >= 0.3 is 11.9 Å². The van der Waals surface area contributed by atoms with Crippen LogP contribution in [-0.4, -0.2) is 17.5 Å². The van der Waals surface area contributed by atoms with Crippen molar-refractivity contribution in [3.05, 3.63) is 6.92 Å². The van der Waals surface area contributed by atoms with E-state index in [1.807, 2.05) is 0 Å². The fourth-order valence-electron chi connectivity index (χ4n) is 0.677. The van der Waals surface area contributed by atoms with Crippen molar-refractivity contribution >= 4 is 5.97 Å². The van der Waals surface area contributed by atoms with Crippen molar-refractivity contribution in [2.24, 2.45) is 0 Å². The molecular formula is C9H15F2O2. The maximum atomic E-state index is 12.8. The van der Waals surface area contributed by atoms with Gasteiger partial charge in [0.1, 0.15) is 5.60 Å². The van der Waals surface area contributed by atoms with Crippen LogP contribution in [0.25, 0.3) is 0 Å². The van der Waals surface area contributed by atoms with Gasteiger partial charge in [-0.2, -0.15) is 8.78 Å². The number of carbonyl (C=O) groups is 1. The molecule has 2 nitrogen and oxygen atoms in total. The summed E-state index contributed by atoms with van der Waals surface area (Å²) in [6.07, 6.45) is -0.561. The Morgan fingerprint density at radius 2 is 1.85 bits per heavy atom. The summed E-state index contributed by atoms with van der Waals surface area (Å²) in [6, 6.07) is 0. The lowest BCUT2D eigenvalue weighted by atomic mass is 10.1. The fourth-order valence-corrected chi connectivity index (χ4v) is 0.677. The highest BCUT2D eigenvalue weighted by atomic mass is 19.3. The normalized spacial score (nSPS) is 12.8. The minimum atomic E-state index is -3.41. The Bertz CT molecular complexity index is 183. The largest absolute Gasteiger partial charge is 0.456 e. The molecule has 13 heavy (non-hydrogen) atoms. The molecule has 0 bridgehead atoms. The van der Waals surface area contributed by atoms with Gasteiger partial charge in [-0.25, -0.2) is 4.79 Å². The van der Waals surface area contributed by atoms with Gasteiger partial charge in [-0.3, -0.25) is 0 Å². The summed E-state index contributed by atoms with van der Waals surface area (Å²) in [5.41, 5.74) is -0.873. The molecule has 0 fully saturated rings. The molecule has 4 heteroatoms. The van der Waals surface area contributed by atoms with Crippen molar-refractivity contribution in [2.75, 3.05) is 0 Å². The van der Waals surface area contributed by atoms with Gasteiger partial charge in [0.25, 0.3) is 0 Å². The standard InChI is InChI=1S/C9H15F2O2/c1-5-6-9(10,11)7(12)13-8(2,3)4/h1,5-6H2,2-4H3. The summed E-state index contributed by atoms with van der Waals surface area (Å²) in [6.45, 7) is 7.90. The predicted molar refractivity (Wildman–Crippen MR) is 45.4 cm³/mol. The summed E-state index contributed by atoms with van der Waals surface area (Å²) < 4.78 is 30.2. The molecule has 0 saturated heterocycles. The number of halogens is 2. The summed E-state index contributed by atoms with van der Waals surface area (Å²) in [7, 11) is 0. The number of hydrogen-bond acceptors (Lipinski definition) is 2. The maximum Gasteiger partial charge on any atom is 0.377 e. The zero-order valence-electron chi connectivity index (χ0n) is 8.19. The first kappa shape index (κ1) is 12.3. The average molecular weight is 193 g/mol. The lowest BCUT2D eigenvalue weighted by Crippen LogP contribution is -2.36. The summed E-state index contributed by atoms with van der Waals surface area (Å²) in [5.74, 6) is -4.88. The first-order chi connectivity index (χ1) is 5.69. The Kier molecular flexibility index (Phi) is 3.82. The van der Waals surface area contributed by atoms with Crippen molar-refractivity contribution in [2.45, 2.75) is 45.1 Å². The van der Waals surface area contributed by atoms with Crippen molar-refractivity contribution in [1.29, 1.82) is 0 Å². The molecule has 0 aromatic carbocycles. The Hall–Kier alpha value is -0.670. The van der Waals surface area contributed by atoms with Gasteiger partial charge in [0.05, 0.1) is 0 Å². The highest BCUT2D eigenvalue weighted by molar-refractivity contribution is 5.77. The van der Waals surface area contributed by atoms with E-state index in [2.05, 4.69) is 11.7 Å². The van der Waals surface area contributed by atoms with Gasteiger partial charge < -0.3 is 4.74 Å². The molecule has 0 heterocycles. The number of ether oxygens (including phenoxy) is 1. The molecule has 0 atom stereocenters. The van der Waals surface area contributed by atoms with Crippen LogP contribution >= 0.6 is 0 Å². The number of esters is 1. The van der Waals surface area contributed by atoms with Crippen molar-refractivity contribution < 1.29 is 18.3 Å². The van der Waals surface area contributed by atoms with Crippen LogP contribution in [-0.2, 0) is 9.53 Å². The molecule has 0 spiro atoms. The lowest BCUT2D eigenvalue weighted by molar-refractivity contribution is -0.184. The van der Waals surface area contributed by atoms with Crippen molar-refractivity contribution in [3.63, 3.8) is 0 Å². The third kappa shape index (κ3) is 4.80. The Balaban J connectivity index is 4.25. The van der Waals surface area contributed by atoms with Crippen LogP contribution in [0.3, 0.4) is 0 Å². The minimum Gasteiger partial charge on any atom is -0.456 e. The Morgan fingerprint density at radius 1 is 1.38 bits per heavy atom. The van der Waals surface area contributed by atoms with Crippen LogP contribution in [0.15, 0.2) is 0 Å². The number of alkyl halides is 2. The quantitative estimate of drug-likeness (QED) is 0.644. The van der Waals surface area contributed by atoms with E-state index in [9.17, 15) is 13.6 Å². The molecule has 0 aromatic rings. The topological polar surface area (TPSA) is 26.3 Å². The second-order valence-electron chi connectivity index (χ2n) is 3.81. The van der Waals surface area contributed by atoms with Gasteiger partial charge in [-0.1, -0.05) is 6.92 Å². The van der Waals surface area contributed by atoms with Crippen molar-refractivity contribution in [3.8, 4) is 0 Å². The molecule has 0 saturated carbocycles. The Labute approximate surface area is 77.3 Å². The molecule has 0 aliphatic heterocycles. The highest BCUT2D eigenvalue weighted by Crippen LogP contribution is 2.24. The second kappa shape index (κ2) is 4.03. The maximum absolute atomic E-state index is 12.8. The van der Waals surface area contributed by atoms with Gasteiger partial charge in [-0.15, -0.1) is 0 Å². The van der Waals surface area contributed by atoms with E-state index < -0.39 is 23.9 Å². The molecular weight excluding hydrogens is 178 g/mol. The van der Waals surface area contributed by atoms with E-state index in [0.717, 1.165) is 0 Å². The molecule has 0 rings (SSSR count). The SMILES string of the molecule is [CH2]CCC(F)(F)C(=O)OC(C)(C)C. The molecule has 0 amide bonds. The average Bonchev–Trinajstić information content (AvgIpc) is 1.82. The molecule has 77 valence electrons. The van der Waals surface area contributed by atoms with E-state index in [4.69, 9.17) is 0 Å². The molecule has 0 aliphatic rings. The van der Waals surface area contributed by atoms with Crippen LogP contribution in [0, 0.1) is 6.92 Å². The van der Waals surface area contributed by atoms with Crippen LogP contribution < -0.4 is 0 Å². The lowest BCUT2D eigenvalue weighted by Gasteiger charge is -2.23. The smallest absolute Gasteiger partial charge is 0.377 e. The van der Waals surface area contributed by atoms with Crippen LogP contribution in [0.2, 0.25) is 0 Å². The highest BCUT2D eigenvalue weighted by Gasteiger charge is 2.41. The first-order valence-corrected chi connectivity index (χ1v) is 4.09. The summed E-state index contributed by atoms with van der Waals surface area (Å²) in [5, 5.41) is 0. The van der Waals surface area contributed by atoms with Crippen LogP contribution in [0.5, 0.6) is 0 Å². The first-order valence-electron chi connectivity index (χ1n) is 4.09. The van der Waals surface area contributed by atoms with E-state index in [0.29, 0.717) is 0 Å². The molecule has 0 aliphatic carbocycles. The second-order valence-corrected chi connectivity index (χ2v) is 3.81. The van der Waals surface area contributed by atoms with Crippen LogP contribution in [0.1, 0.15) is 33.6 Å². The fraction of sp³-hybridized carbons (Fsp3) is 0.778. The zero-order valence-corrected chi connectivity index (χ0v) is 8.19. The van der Waals surface area contributed by atoms with Gasteiger partial charge in [0, 0.05) is 6.42 Å². The van der Waals surface area contributed by atoms with Gasteiger partial charge in [-0.05, 0) is 27.2 Å². The van der Waals surface area contributed by atoms with Gasteiger partial charge in [0.2, 0.25) is 0 Å². The van der Waals surface area contributed by atoms with E-state index in [1.54, 1.807) is 20.8 Å². The summed E-state index contributed by atoms with van der Waals surface area (Å²) in [4.78, 5) is 10.9. The van der Waals surface area contributed by atoms with Crippen molar-refractivity contribution in [1.82, 2.24) is 0 Å². The molecule has 0 aromatic heterocycles. The van der Waals surface area contributed by atoms with E-state index in [1.165, 1.54) is 0 Å². The Morgan fingerprint density at radius 3 is 2.15 bits per heavy atom. The van der Waals surface area contributed by atoms with E-state index in [-0.39, 0.29) is 6.42 Å².